The predicted octanol–water partition coefficient (Wildman–Crippen LogP) is 1.90. The minimum Gasteiger partial charge on any atom is -0.487 e. The Morgan fingerprint density at radius 1 is 1.43 bits per heavy atom. The van der Waals surface area contributed by atoms with Gasteiger partial charge in [-0.15, -0.1) is 0 Å². The molecule has 0 amide bonds. The molecule has 0 saturated carbocycles. The van der Waals surface area contributed by atoms with Gasteiger partial charge in [0, 0.05) is 6.07 Å². The van der Waals surface area contributed by atoms with Gasteiger partial charge in [-0.3, -0.25) is 14.9 Å². The maximum absolute atomic E-state index is 11.7. The highest BCUT2D eigenvalue weighted by atomic mass is 16.6. The molecule has 0 saturated heterocycles. The second-order valence-corrected chi connectivity index (χ2v) is 4.75. The number of methoxy groups -OCH3 is 1. The first-order valence-electron chi connectivity index (χ1n) is 6.58. The van der Waals surface area contributed by atoms with E-state index in [0.29, 0.717) is 12.8 Å². The van der Waals surface area contributed by atoms with Gasteiger partial charge in [0.05, 0.1) is 18.6 Å². The fourth-order valence-corrected chi connectivity index (χ4v) is 1.89. The smallest absolute Gasteiger partial charge is 0.325 e. The Kier molecular flexibility index (Phi) is 6.10. The summed E-state index contributed by atoms with van der Waals surface area (Å²) in [6, 6.07) is 6.20. The van der Waals surface area contributed by atoms with Crippen LogP contribution in [0.25, 0.3) is 0 Å². The van der Waals surface area contributed by atoms with Crippen LogP contribution in [0.1, 0.15) is 19.8 Å². The van der Waals surface area contributed by atoms with Crippen LogP contribution < -0.4 is 10.1 Å². The van der Waals surface area contributed by atoms with Crippen LogP contribution in [0.4, 0.5) is 5.69 Å². The molecule has 0 aliphatic heterocycles. The normalized spacial score (nSPS) is 13.3. The van der Waals surface area contributed by atoms with Crippen molar-refractivity contribution < 1.29 is 19.2 Å². The van der Waals surface area contributed by atoms with Gasteiger partial charge in [0.15, 0.2) is 5.75 Å². The number of rotatable bonds is 8. The van der Waals surface area contributed by atoms with Crippen LogP contribution >= 0.6 is 0 Å². The molecule has 0 spiro atoms. The van der Waals surface area contributed by atoms with E-state index in [-0.39, 0.29) is 24.0 Å². The van der Waals surface area contributed by atoms with Crippen LogP contribution in [-0.2, 0) is 9.53 Å². The van der Waals surface area contributed by atoms with Crippen molar-refractivity contribution in [2.45, 2.75) is 25.3 Å². The molecule has 116 valence electrons. The Labute approximate surface area is 123 Å². The molecule has 0 aliphatic carbocycles. The van der Waals surface area contributed by atoms with Crippen LogP contribution in [0.2, 0.25) is 0 Å². The number of nitrogens with zero attached hydrogens (tertiary/aromatic N) is 1. The fourth-order valence-electron chi connectivity index (χ4n) is 1.89. The molecule has 7 nitrogen and oxygen atoms in total. The minimum atomic E-state index is -0.791. The number of ether oxygens (including phenoxy) is 2. The molecule has 1 atom stereocenters. The van der Waals surface area contributed by atoms with E-state index < -0.39 is 10.5 Å². The van der Waals surface area contributed by atoms with Crippen molar-refractivity contribution in [2.24, 2.45) is 0 Å². The second kappa shape index (κ2) is 7.58. The highest BCUT2D eigenvalue weighted by molar-refractivity contribution is 5.80. The number of para-hydroxylation sites is 2. The molecule has 1 aromatic carbocycles. The lowest BCUT2D eigenvalue weighted by atomic mass is 9.96. The Morgan fingerprint density at radius 3 is 2.67 bits per heavy atom. The quantitative estimate of drug-likeness (QED) is 0.341. The third-order valence-electron chi connectivity index (χ3n) is 3.33. The zero-order valence-electron chi connectivity index (χ0n) is 12.4. The van der Waals surface area contributed by atoms with Gasteiger partial charge in [0.2, 0.25) is 0 Å². The molecule has 1 aromatic rings. The maximum atomic E-state index is 11.7. The highest BCUT2D eigenvalue weighted by Crippen LogP contribution is 2.26. The maximum Gasteiger partial charge on any atom is 0.325 e. The van der Waals surface area contributed by atoms with E-state index in [0.717, 1.165) is 0 Å². The molecule has 1 N–H and O–H groups in total. The molecule has 0 aromatic heterocycles. The highest BCUT2D eigenvalue weighted by Gasteiger charge is 2.31. The van der Waals surface area contributed by atoms with Crippen LogP contribution in [0.15, 0.2) is 24.3 Å². The topological polar surface area (TPSA) is 90.7 Å². The number of carbonyl (C=O) groups excluding carboxylic acids is 1. The zero-order valence-corrected chi connectivity index (χ0v) is 12.4. The lowest BCUT2D eigenvalue weighted by Crippen LogP contribution is -2.48. The molecule has 1 unspecified atom stereocenters. The number of hydrogen-bond donors (Lipinski definition) is 1. The van der Waals surface area contributed by atoms with Gasteiger partial charge < -0.3 is 14.8 Å². The molecule has 0 bridgehead atoms. The van der Waals surface area contributed by atoms with Crippen LogP contribution in [-0.4, -0.2) is 37.2 Å². The van der Waals surface area contributed by atoms with Gasteiger partial charge in [-0.2, -0.15) is 0 Å². The van der Waals surface area contributed by atoms with Gasteiger partial charge in [0.25, 0.3) is 0 Å². The summed E-state index contributed by atoms with van der Waals surface area (Å²) in [4.78, 5) is 22.0. The molecule has 21 heavy (non-hydrogen) atoms. The van der Waals surface area contributed by atoms with Crippen molar-refractivity contribution in [3.8, 4) is 5.75 Å². The minimum absolute atomic E-state index is 0.0677. The first-order chi connectivity index (χ1) is 9.94. The van der Waals surface area contributed by atoms with E-state index >= 15 is 0 Å². The summed E-state index contributed by atoms with van der Waals surface area (Å²) in [6.45, 7) is 2.02. The predicted molar refractivity (Wildman–Crippen MR) is 77.3 cm³/mol. The summed E-state index contributed by atoms with van der Waals surface area (Å²) in [5.41, 5.74) is -0.859. The average Bonchev–Trinajstić information content (AvgIpc) is 2.50. The van der Waals surface area contributed by atoms with Crippen LogP contribution in [0.3, 0.4) is 0 Å². The summed E-state index contributed by atoms with van der Waals surface area (Å²) in [5, 5.41) is 13.8. The molecule has 0 radical (unpaired) electrons. The number of nitro benzene ring substituents is 1. The third-order valence-corrected chi connectivity index (χ3v) is 3.33. The SMILES string of the molecule is CNC(C)(CCCOc1ccccc1[N+](=O)[O-])C(=O)OC. The monoisotopic (exact) mass is 296 g/mol. The van der Waals surface area contributed by atoms with Crippen molar-refractivity contribution in [2.75, 3.05) is 20.8 Å². The zero-order chi connectivity index (χ0) is 15.9. The molecular formula is C14H20N2O5. The summed E-state index contributed by atoms with van der Waals surface area (Å²) < 4.78 is 10.2. The molecular weight excluding hydrogens is 276 g/mol. The lowest BCUT2D eigenvalue weighted by molar-refractivity contribution is -0.385. The Hall–Kier alpha value is -2.15. The van der Waals surface area contributed by atoms with Crippen molar-refractivity contribution in [1.29, 1.82) is 0 Å². The van der Waals surface area contributed by atoms with E-state index in [1.54, 1.807) is 32.2 Å². The van der Waals surface area contributed by atoms with Crippen LogP contribution in [0, 0.1) is 10.1 Å². The molecule has 0 fully saturated rings. The largest absolute Gasteiger partial charge is 0.487 e. The number of hydrogen-bond acceptors (Lipinski definition) is 6. The lowest BCUT2D eigenvalue weighted by Gasteiger charge is -2.25. The number of esters is 1. The summed E-state index contributed by atoms with van der Waals surface area (Å²) in [7, 11) is 3.02. The number of nitro groups is 1. The van der Waals surface area contributed by atoms with Crippen molar-refractivity contribution in [1.82, 2.24) is 5.32 Å². The summed E-state index contributed by atoms with van der Waals surface area (Å²) >= 11 is 0. The van der Waals surface area contributed by atoms with Crippen molar-refractivity contribution in [3.05, 3.63) is 34.4 Å². The molecule has 1 rings (SSSR count). The first-order valence-corrected chi connectivity index (χ1v) is 6.58. The van der Waals surface area contributed by atoms with Crippen molar-refractivity contribution in [3.63, 3.8) is 0 Å². The molecule has 0 heterocycles. The average molecular weight is 296 g/mol. The van der Waals surface area contributed by atoms with Gasteiger partial charge >= 0.3 is 11.7 Å². The Morgan fingerprint density at radius 2 is 2.10 bits per heavy atom. The molecule has 0 aliphatic rings. The van der Waals surface area contributed by atoms with Gasteiger partial charge in [0.1, 0.15) is 5.54 Å². The summed E-state index contributed by atoms with van der Waals surface area (Å²) in [5.74, 6) is -0.123. The van der Waals surface area contributed by atoms with E-state index in [2.05, 4.69) is 5.32 Å². The molecule has 7 heteroatoms. The number of carbonyl (C=O) groups is 1. The van der Waals surface area contributed by atoms with Crippen LogP contribution in [0.5, 0.6) is 5.75 Å². The van der Waals surface area contributed by atoms with Gasteiger partial charge in [-0.05, 0) is 32.9 Å². The Bertz CT molecular complexity index is 506. The number of nitrogens with one attached hydrogen (secondary N) is 1. The van der Waals surface area contributed by atoms with E-state index in [4.69, 9.17) is 9.47 Å². The standard InChI is InChI=1S/C14H20N2O5/c1-14(15-2,13(17)20-3)9-6-10-21-12-8-5-4-7-11(12)16(18)19/h4-5,7-8,15H,6,9-10H2,1-3H3. The van der Waals surface area contributed by atoms with E-state index in [9.17, 15) is 14.9 Å². The van der Waals surface area contributed by atoms with Gasteiger partial charge in [-0.25, -0.2) is 0 Å². The fraction of sp³-hybridized carbons (Fsp3) is 0.500. The summed E-state index contributed by atoms with van der Waals surface area (Å²) in [6.07, 6.45) is 1.05. The second-order valence-electron chi connectivity index (χ2n) is 4.75. The van der Waals surface area contributed by atoms with Gasteiger partial charge in [-0.1, -0.05) is 12.1 Å². The van der Waals surface area contributed by atoms with E-state index in [1.165, 1.54) is 13.2 Å². The third kappa shape index (κ3) is 4.42. The number of likely N-dealkylation sites (N-methyl/N-ethyl adjacent to an activating group) is 1. The van der Waals surface area contributed by atoms with E-state index in [1.807, 2.05) is 0 Å². The Balaban J connectivity index is 2.55. The number of benzene rings is 1. The van der Waals surface area contributed by atoms with Crippen molar-refractivity contribution >= 4 is 11.7 Å². The first kappa shape index (κ1) is 16.9.